The van der Waals surface area contributed by atoms with Crippen molar-refractivity contribution in [1.29, 1.82) is 0 Å². The van der Waals surface area contributed by atoms with E-state index in [1.165, 1.54) is 5.56 Å². The summed E-state index contributed by atoms with van der Waals surface area (Å²) in [7, 11) is 3.29. The van der Waals surface area contributed by atoms with Gasteiger partial charge in [-0.2, -0.15) is 4.98 Å². The van der Waals surface area contributed by atoms with Gasteiger partial charge in [-0.15, -0.1) is 0 Å². The zero-order valence-corrected chi connectivity index (χ0v) is 20.5. The van der Waals surface area contributed by atoms with Gasteiger partial charge in [0.1, 0.15) is 12.1 Å². The smallest absolute Gasteiger partial charge is 0.225 e. The number of para-hydroxylation sites is 1. The molecule has 0 fully saturated rings. The van der Waals surface area contributed by atoms with E-state index in [4.69, 9.17) is 14.5 Å². The van der Waals surface area contributed by atoms with Crippen molar-refractivity contribution in [2.75, 3.05) is 24.9 Å². The number of imidazole rings is 1. The fourth-order valence-electron chi connectivity index (χ4n) is 4.17. The van der Waals surface area contributed by atoms with Crippen molar-refractivity contribution in [3.8, 4) is 17.3 Å². The van der Waals surface area contributed by atoms with Crippen LogP contribution < -0.4 is 20.1 Å². The summed E-state index contributed by atoms with van der Waals surface area (Å²) in [6, 6.07) is 24.1. The lowest BCUT2D eigenvalue weighted by molar-refractivity contribution is 0.352. The molecule has 0 aliphatic rings. The number of methoxy groups -OCH3 is 2. The average molecular weight is 481 g/mol. The second-order valence-corrected chi connectivity index (χ2v) is 8.34. The van der Waals surface area contributed by atoms with Gasteiger partial charge in [0.05, 0.1) is 31.3 Å². The predicted octanol–water partition coefficient (Wildman–Crippen LogP) is 5.62. The van der Waals surface area contributed by atoms with Gasteiger partial charge in [-0.05, 0) is 42.8 Å². The predicted molar refractivity (Wildman–Crippen MR) is 142 cm³/mol. The summed E-state index contributed by atoms with van der Waals surface area (Å²) in [5.41, 5.74) is 4.96. The molecule has 0 radical (unpaired) electrons. The van der Waals surface area contributed by atoms with Crippen LogP contribution in [0.2, 0.25) is 0 Å². The van der Waals surface area contributed by atoms with Crippen molar-refractivity contribution in [2.24, 2.45) is 0 Å². The standard InChI is InChI=1S/C28H28N6O2/c1-19(20-8-5-4-6-9-20)32-28-29-15-14-26(33-28)34-18-31-23-16-22(12-13-24(23)34)30-17-21-10-7-11-25(35-2)27(21)36-3/h4-16,18-19,30H,17H2,1-3H3,(H,29,32,33). The minimum absolute atomic E-state index is 0.0813. The van der Waals surface area contributed by atoms with Gasteiger partial charge in [0.2, 0.25) is 5.95 Å². The van der Waals surface area contributed by atoms with E-state index in [2.05, 4.69) is 39.7 Å². The van der Waals surface area contributed by atoms with Crippen LogP contribution in [0.3, 0.4) is 0 Å². The number of ether oxygens (including phenoxy) is 2. The number of hydrogen-bond acceptors (Lipinski definition) is 7. The highest BCUT2D eigenvalue weighted by Gasteiger charge is 2.12. The largest absolute Gasteiger partial charge is 0.493 e. The van der Waals surface area contributed by atoms with Crippen LogP contribution in [0, 0.1) is 0 Å². The van der Waals surface area contributed by atoms with Crippen molar-refractivity contribution in [2.45, 2.75) is 19.5 Å². The summed E-state index contributed by atoms with van der Waals surface area (Å²) in [5.74, 6) is 2.75. The Labute approximate surface area is 210 Å². The van der Waals surface area contributed by atoms with E-state index in [9.17, 15) is 0 Å². The Balaban J connectivity index is 1.34. The Morgan fingerprint density at radius 1 is 0.917 bits per heavy atom. The van der Waals surface area contributed by atoms with Crippen LogP contribution in [0.15, 0.2) is 85.3 Å². The number of rotatable bonds is 9. The quantitative estimate of drug-likeness (QED) is 0.283. The summed E-state index contributed by atoms with van der Waals surface area (Å²) in [5, 5.41) is 6.84. The van der Waals surface area contributed by atoms with Crippen molar-refractivity contribution in [3.63, 3.8) is 0 Å². The third kappa shape index (κ3) is 4.79. The molecule has 1 atom stereocenters. The second kappa shape index (κ2) is 10.4. The van der Waals surface area contributed by atoms with Gasteiger partial charge in [-0.1, -0.05) is 42.5 Å². The molecule has 0 bridgehead atoms. The molecule has 0 saturated heterocycles. The maximum absolute atomic E-state index is 5.54. The zero-order valence-electron chi connectivity index (χ0n) is 20.5. The number of anilines is 2. The van der Waals surface area contributed by atoms with E-state index in [1.807, 2.05) is 65.2 Å². The summed E-state index contributed by atoms with van der Waals surface area (Å²) in [4.78, 5) is 13.7. The molecule has 5 rings (SSSR count). The molecule has 36 heavy (non-hydrogen) atoms. The number of benzene rings is 3. The summed E-state index contributed by atoms with van der Waals surface area (Å²) in [6.07, 6.45) is 3.54. The molecule has 5 aromatic rings. The Morgan fingerprint density at radius 3 is 2.58 bits per heavy atom. The molecule has 0 amide bonds. The van der Waals surface area contributed by atoms with E-state index in [0.717, 1.165) is 33.9 Å². The maximum Gasteiger partial charge on any atom is 0.225 e. The minimum atomic E-state index is 0.0813. The van der Waals surface area contributed by atoms with Crippen molar-refractivity contribution in [3.05, 3.63) is 96.4 Å². The Hall–Kier alpha value is -4.59. The summed E-state index contributed by atoms with van der Waals surface area (Å²) in [6.45, 7) is 2.68. The molecular weight excluding hydrogens is 452 g/mol. The molecule has 0 aliphatic carbocycles. The number of fused-ring (bicyclic) bond motifs is 1. The molecule has 2 N–H and O–H groups in total. The van der Waals surface area contributed by atoms with E-state index in [-0.39, 0.29) is 6.04 Å². The molecule has 182 valence electrons. The molecule has 0 saturated carbocycles. The number of nitrogens with zero attached hydrogens (tertiary/aromatic N) is 4. The Morgan fingerprint density at radius 2 is 1.78 bits per heavy atom. The molecule has 0 spiro atoms. The summed E-state index contributed by atoms with van der Waals surface area (Å²) < 4.78 is 12.9. The number of nitrogens with one attached hydrogen (secondary N) is 2. The first-order valence-corrected chi connectivity index (χ1v) is 11.7. The normalized spacial score (nSPS) is 11.8. The second-order valence-electron chi connectivity index (χ2n) is 8.34. The van der Waals surface area contributed by atoms with Crippen molar-refractivity contribution in [1.82, 2.24) is 19.5 Å². The lowest BCUT2D eigenvalue weighted by Crippen LogP contribution is -2.10. The lowest BCUT2D eigenvalue weighted by atomic mass is 10.1. The highest BCUT2D eigenvalue weighted by Crippen LogP contribution is 2.31. The topological polar surface area (TPSA) is 86.1 Å². The minimum Gasteiger partial charge on any atom is -0.493 e. The van der Waals surface area contributed by atoms with Crippen LogP contribution in [0.5, 0.6) is 11.5 Å². The van der Waals surface area contributed by atoms with Gasteiger partial charge in [0.25, 0.3) is 0 Å². The Kier molecular flexibility index (Phi) is 6.66. The van der Waals surface area contributed by atoms with Crippen LogP contribution in [0.25, 0.3) is 16.9 Å². The molecule has 8 nitrogen and oxygen atoms in total. The number of hydrogen-bond donors (Lipinski definition) is 2. The van der Waals surface area contributed by atoms with Crippen molar-refractivity contribution < 1.29 is 9.47 Å². The van der Waals surface area contributed by atoms with Crippen LogP contribution in [-0.4, -0.2) is 33.7 Å². The van der Waals surface area contributed by atoms with Crippen LogP contribution in [-0.2, 0) is 6.54 Å². The van der Waals surface area contributed by atoms with Crippen LogP contribution in [0.1, 0.15) is 24.1 Å². The van der Waals surface area contributed by atoms with Gasteiger partial charge in [0.15, 0.2) is 11.5 Å². The van der Waals surface area contributed by atoms with Gasteiger partial charge in [-0.25, -0.2) is 9.97 Å². The van der Waals surface area contributed by atoms with Gasteiger partial charge in [0, 0.05) is 24.0 Å². The fraction of sp³-hybridized carbons (Fsp3) is 0.179. The third-order valence-corrected chi connectivity index (χ3v) is 6.05. The molecule has 8 heteroatoms. The summed E-state index contributed by atoms with van der Waals surface area (Å²) >= 11 is 0. The van der Waals surface area contributed by atoms with Crippen LogP contribution >= 0.6 is 0 Å². The first kappa shape index (κ1) is 23.2. The third-order valence-electron chi connectivity index (χ3n) is 6.05. The van der Waals surface area contributed by atoms with Gasteiger partial charge < -0.3 is 20.1 Å². The molecule has 0 aliphatic heterocycles. The monoisotopic (exact) mass is 480 g/mol. The zero-order chi connectivity index (χ0) is 24.9. The molecule has 3 aromatic carbocycles. The van der Waals surface area contributed by atoms with Crippen LogP contribution in [0.4, 0.5) is 11.6 Å². The molecule has 1 unspecified atom stereocenters. The SMILES string of the molecule is COc1cccc(CNc2ccc3c(c2)ncn3-c2ccnc(NC(C)c3ccccc3)n2)c1OC. The van der Waals surface area contributed by atoms with Gasteiger partial charge >= 0.3 is 0 Å². The molecular formula is C28H28N6O2. The van der Waals surface area contributed by atoms with E-state index >= 15 is 0 Å². The lowest BCUT2D eigenvalue weighted by Gasteiger charge is -2.15. The number of aromatic nitrogens is 4. The van der Waals surface area contributed by atoms with E-state index < -0.39 is 0 Å². The first-order chi connectivity index (χ1) is 17.7. The first-order valence-electron chi connectivity index (χ1n) is 11.7. The Bertz CT molecular complexity index is 1470. The maximum atomic E-state index is 5.54. The average Bonchev–Trinajstić information content (AvgIpc) is 3.35. The van der Waals surface area contributed by atoms with Crippen molar-refractivity contribution >= 4 is 22.7 Å². The fourth-order valence-corrected chi connectivity index (χ4v) is 4.17. The van der Waals surface area contributed by atoms with E-state index in [1.54, 1.807) is 26.7 Å². The highest BCUT2D eigenvalue weighted by atomic mass is 16.5. The van der Waals surface area contributed by atoms with E-state index in [0.29, 0.717) is 18.2 Å². The van der Waals surface area contributed by atoms with Gasteiger partial charge in [-0.3, -0.25) is 4.57 Å². The molecule has 2 aromatic heterocycles. The molecule has 2 heterocycles. The highest BCUT2D eigenvalue weighted by molar-refractivity contribution is 5.81.